The minimum absolute atomic E-state index is 0.369. The molecule has 0 amide bonds. The summed E-state index contributed by atoms with van der Waals surface area (Å²) in [6, 6.07) is 9.45. The molecule has 1 aromatic carbocycles. The van der Waals surface area contributed by atoms with E-state index in [9.17, 15) is 0 Å². The van der Waals surface area contributed by atoms with Gasteiger partial charge in [0.25, 0.3) is 0 Å². The van der Waals surface area contributed by atoms with Crippen molar-refractivity contribution in [3.63, 3.8) is 0 Å². The van der Waals surface area contributed by atoms with Gasteiger partial charge in [-0.3, -0.25) is 0 Å². The van der Waals surface area contributed by atoms with Crippen LogP contribution in [0.5, 0.6) is 0 Å². The molecule has 0 fully saturated rings. The summed E-state index contributed by atoms with van der Waals surface area (Å²) in [6.45, 7) is 17.0. The van der Waals surface area contributed by atoms with Gasteiger partial charge in [-0.05, 0) is 41.8 Å². The maximum Gasteiger partial charge on any atom is 0.0291 e. The van der Waals surface area contributed by atoms with E-state index in [0.717, 1.165) is 6.54 Å². The van der Waals surface area contributed by atoms with E-state index in [-0.39, 0.29) is 0 Å². The van der Waals surface area contributed by atoms with E-state index in [1.807, 2.05) is 0 Å². The van der Waals surface area contributed by atoms with Crippen LogP contribution in [-0.2, 0) is 0 Å². The Hall–Kier alpha value is -0.820. The molecular weight excluding hydrogens is 230 g/mol. The average molecular weight is 261 g/mol. The minimum Gasteiger partial charge on any atom is -0.310 e. The monoisotopic (exact) mass is 261 g/mol. The van der Waals surface area contributed by atoms with Gasteiger partial charge in [-0.15, -0.1) is 0 Å². The summed E-state index contributed by atoms with van der Waals surface area (Å²) in [4.78, 5) is 0. The lowest BCUT2D eigenvalue weighted by Crippen LogP contribution is -2.31. The Kier molecular flexibility index (Phi) is 5.61. The first-order chi connectivity index (χ1) is 8.71. The summed E-state index contributed by atoms with van der Waals surface area (Å²) in [5.74, 6) is 1.28. The van der Waals surface area contributed by atoms with Crippen molar-refractivity contribution in [2.75, 3.05) is 6.54 Å². The SMILES string of the molecule is CC(C)c1ccc(C(C)NCC(C)C(C)(C)C)cc1. The van der Waals surface area contributed by atoms with Crippen molar-refractivity contribution in [1.82, 2.24) is 5.32 Å². The molecule has 1 N–H and O–H groups in total. The first-order valence-corrected chi connectivity index (χ1v) is 7.55. The lowest BCUT2D eigenvalue weighted by Gasteiger charge is -2.29. The van der Waals surface area contributed by atoms with Crippen LogP contribution >= 0.6 is 0 Å². The molecule has 0 saturated heterocycles. The molecule has 1 aromatic rings. The van der Waals surface area contributed by atoms with Crippen molar-refractivity contribution in [3.05, 3.63) is 35.4 Å². The summed E-state index contributed by atoms with van der Waals surface area (Å²) >= 11 is 0. The van der Waals surface area contributed by atoms with E-state index in [1.54, 1.807) is 0 Å². The zero-order valence-corrected chi connectivity index (χ0v) is 13.7. The Balaban J connectivity index is 2.56. The Bertz CT molecular complexity index is 370. The number of nitrogens with one attached hydrogen (secondary N) is 1. The predicted octanol–water partition coefficient (Wildman–Crippen LogP) is 5.14. The molecule has 1 heteroatoms. The molecule has 0 heterocycles. The summed E-state index contributed by atoms with van der Waals surface area (Å²) in [5, 5.41) is 3.65. The predicted molar refractivity (Wildman–Crippen MR) is 85.6 cm³/mol. The van der Waals surface area contributed by atoms with Crippen LogP contribution in [0.3, 0.4) is 0 Å². The van der Waals surface area contributed by atoms with Crippen LogP contribution in [0.4, 0.5) is 0 Å². The highest BCUT2D eigenvalue weighted by Crippen LogP contribution is 2.25. The van der Waals surface area contributed by atoms with Gasteiger partial charge in [-0.25, -0.2) is 0 Å². The lowest BCUT2D eigenvalue weighted by molar-refractivity contribution is 0.247. The van der Waals surface area contributed by atoms with E-state index in [0.29, 0.717) is 23.3 Å². The van der Waals surface area contributed by atoms with E-state index >= 15 is 0 Å². The van der Waals surface area contributed by atoms with Crippen LogP contribution in [0, 0.1) is 11.3 Å². The molecule has 0 radical (unpaired) electrons. The molecule has 0 aliphatic heterocycles. The van der Waals surface area contributed by atoms with E-state index in [2.05, 4.69) is 78.0 Å². The number of rotatable bonds is 5. The number of benzene rings is 1. The van der Waals surface area contributed by atoms with Gasteiger partial charge in [0.2, 0.25) is 0 Å². The summed E-state index contributed by atoms with van der Waals surface area (Å²) in [6.07, 6.45) is 0. The highest BCUT2D eigenvalue weighted by molar-refractivity contribution is 5.26. The summed E-state index contributed by atoms with van der Waals surface area (Å²) in [7, 11) is 0. The van der Waals surface area contributed by atoms with Gasteiger partial charge in [0, 0.05) is 6.04 Å². The fourth-order valence-corrected chi connectivity index (χ4v) is 1.95. The lowest BCUT2D eigenvalue weighted by atomic mass is 9.82. The van der Waals surface area contributed by atoms with Crippen molar-refractivity contribution >= 4 is 0 Å². The molecular formula is C18H31N. The summed E-state index contributed by atoms with van der Waals surface area (Å²) < 4.78 is 0. The molecule has 1 nitrogen and oxygen atoms in total. The second kappa shape index (κ2) is 6.56. The molecule has 0 spiro atoms. The average Bonchev–Trinajstić information content (AvgIpc) is 2.34. The maximum atomic E-state index is 3.65. The van der Waals surface area contributed by atoms with Gasteiger partial charge >= 0.3 is 0 Å². The molecule has 1 rings (SSSR count). The second-order valence-corrected chi connectivity index (χ2v) is 7.22. The fraction of sp³-hybridized carbons (Fsp3) is 0.667. The van der Waals surface area contributed by atoms with Crippen LogP contribution in [0.25, 0.3) is 0 Å². The van der Waals surface area contributed by atoms with Crippen molar-refractivity contribution < 1.29 is 0 Å². The third kappa shape index (κ3) is 4.99. The largest absolute Gasteiger partial charge is 0.310 e. The van der Waals surface area contributed by atoms with E-state index in [1.165, 1.54) is 11.1 Å². The zero-order chi connectivity index (χ0) is 14.6. The Morgan fingerprint density at radius 2 is 1.37 bits per heavy atom. The number of hydrogen-bond donors (Lipinski definition) is 1. The van der Waals surface area contributed by atoms with Gasteiger partial charge in [0.1, 0.15) is 0 Å². The molecule has 0 aromatic heterocycles. The first kappa shape index (κ1) is 16.2. The van der Waals surface area contributed by atoms with Crippen molar-refractivity contribution in [3.8, 4) is 0 Å². The van der Waals surface area contributed by atoms with Crippen molar-refractivity contribution in [2.24, 2.45) is 11.3 Å². The summed E-state index contributed by atoms with van der Waals surface area (Å²) in [5.41, 5.74) is 3.17. The van der Waals surface area contributed by atoms with Crippen LogP contribution < -0.4 is 5.32 Å². The van der Waals surface area contributed by atoms with Crippen LogP contribution in [0.2, 0.25) is 0 Å². The Morgan fingerprint density at radius 3 is 1.79 bits per heavy atom. The van der Waals surface area contributed by atoms with Gasteiger partial charge < -0.3 is 5.32 Å². The highest BCUT2D eigenvalue weighted by Gasteiger charge is 2.20. The molecule has 19 heavy (non-hydrogen) atoms. The molecule has 0 aliphatic carbocycles. The third-order valence-corrected chi connectivity index (χ3v) is 4.31. The van der Waals surface area contributed by atoms with E-state index in [4.69, 9.17) is 0 Å². The topological polar surface area (TPSA) is 12.0 Å². The quantitative estimate of drug-likeness (QED) is 0.773. The molecule has 2 unspecified atom stereocenters. The second-order valence-electron chi connectivity index (χ2n) is 7.22. The highest BCUT2D eigenvalue weighted by atomic mass is 14.9. The molecule has 108 valence electrons. The van der Waals surface area contributed by atoms with Gasteiger partial charge in [-0.2, -0.15) is 0 Å². The van der Waals surface area contributed by atoms with Gasteiger partial charge in [0.05, 0.1) is 0 Å². The molecule has 0 bridgehead atoms. The first-order valence-electron chi connectivity index (χ1n) is 7.55. The van der Waals surface area contributed by atoms with Crippen molar-refractivity contribution in [1.29, 1.82) is 0 Å². The molecule has 0 saturated carbocycles. The van der Waals surface area contributed by atoms with E-state index < -0.39 is 0 Å². The Morgan fingerprint density at radius 1 is 0.895 bits per heavy atom. The maximum absolute atomic E-state index is 3.65. The number of hydrogen-bond acceptors (Lipinski definition) is 1. The molecule has 0 aliphatic rings. The minimum atomic E-state index is 0.369. The van der Waals surface area contributed by atoms with Crippen LogP contribution in [0.15, 0.2) is 24.3 Å². The smallest absolute Gasteiger partial charge is 0.0291 e. The van der Waals surface area contributed by atoms with Gasteiger partial charge in [0.15, 0.2) is 0 Å². The molecule has 2 atom stereocenters. The normalized spacial score (nSPS) is 15.6. The third-order valence-electron chi connectivity index (χ3n) is 4.31. The fourth-order valence-electron chi connectivity index (χ4n) is 1.95. The Labute approximate surface area is 119 Å². The standard InChI is InChI=1S/C18H31N/c1-13(2)16-8-10-17(11-9-16)15(4)19-12-14(3)18(5,6)7/h8-11,13-15,19H,12H2,1-7H3. The van der Waals surface area contributed by atoms with Crippen molar-refractivity contribution in [2.45, 2.75) is 60.4 Å². The zero-order valence-electron chi connectivity index (χ0n) is 13.7. The van der Waals surface area contributed by atoms with Crippen LogP contribution in [-0.4, -0.2) is 6.54 Å². The van der Waals surface area contributed by atoms with Gasteiger partial charge in [-0.1, -0.05) is 65.8 Å². The van der Waals surface area contributed by atoms with Crippen LogP contribution in [0.1, 0.15) is 71.6 Å².